The van der Waals surface area contributed by atoms with E-state index in [4.69, 9.17) is 10.5 Å². The first-order valence-corrected chi connectivity index (χ1v) is 8.72. The molecule has 0 spiro atoms. The molecular weight excluding hydrogens is 298 g/mol. The lowest BCUT2D eigenvalue weighted by atomic mass is 9.48. The van der Waals surface area contributed by atoms with Crippen LogP contribution < -0.4 is 5.32 Å². The average molecular weight is 319 g/mol. The van der Waals surface area contributed by atoms with Gasteiger partial charge in [0.1, 0.15) is 23.5 Å². The molecule has 4 bridgehead atoms. The van der Waals surface area contributed by atoms with Crippen molar-refractivity contribution >= 4 is 5.69 Å². The highest BCUT2D eigenvalue weighted by Gasteiger charge is 2.51. The lowest BCUT2D eigenvalue weighted by molar-refractivity contribution is -0.00517. The number of hydrogen-bond donors (Lipinski definition) is 2. The Labute approximate surface area is 142 Å². The Hall–Kier alpha value is -2.46. The van der Waals surface area contributed by atoms with Crippen molar-refractivity contribution in [3.8, 4) is 17.9 Å². The van der Waals surface area contributed by atoms with Gasteiger partial charge in [-0.2, -0.15) is 10.5 Å². The second-order valence-corrected chi connectivity index (χ2v) is 7.86. The molecule has 0 aliphatic heterocycles. The van der Waals surface area contributed by atoms with Crippen LogP contribution in [0.15, 0.2) is 30.0 Å². The Morgan fingerprint density at radius 1 is 1.08 bits per heavy atom. The summed E-state index contributed by atoms with van der Waals surface area (Å²) in [4.78, 5) is 0. The lowest BCUT2D eigenvalue weighted by Crippen LogP contribution is -2.48. The SMILES string of the molecule is N#CC(C#N)=CNc1cc(C23CC4CC(CC(C4)C2)C3)ccc1O. The topological polar surface area (TPSA) is 79.8 Å². The van der Waals surface area contributed by atoms with E-state index in [1.54, 1.807) is 6.07 Å². The van der Waals surface area contributed by atoms with Crippen LogP contribution in [0, 0.1) is 40.4 Å². The fourth-order valence-corrected chi connectivity index (χ4v) is 5.69. The van der Waals surface area contributed by atoms with E-state index in [0.717, 1.165) is 17.8 Å². The number of nitriles is 2. The monoisotopic (exact) mass is 319 g/mol. The van der Waals surface area contributed by atoms with Crippen molar-refractivity contribution in [1.82, 2.24) is 0 Å². The molecule has 4 saturated carbocycles. The summed E-state index contributed by atoms with van der Waals surface area (Å²) in [5, 5.41) is 30.7. The number of hydrogen-bond acceptors (Lipinski definition) is 4. The minimum absolute atomic E-state index is 0.00499. The second-order valence-electron chi connectivity index (χ2n) is 7.86. The van der Waals surface area contributed by atoms with Crippen LogP contribution in [0.25, 0.3) is 0 Å². The zero-order valence-corrected chi connectivity index (χ0v) is 13.6. The quantitative estimate of drug-likeness (QED) is 0.646. The Morgan fingerprint density at radius 2 is 1.67 bits per heavy atom. The predicted molar refractivity (Wildman–Crippen MR) is 90.9 cm³/mol. The van der Waals surface area contributed by atoms with Gasteiger partial charge in [0.05, 0.1) is 5.69 Å². The van der Waals surface area contributed by atoms with Gasteiger partial charge in [0, 0.05) is 6.20 Å². The first kappa shape index (κ1) is 15.1. The van der Waals surface area contributed by atoms with Crippen LogP contribution in [-0.2, 0) is 5.41 Å². The third-order valence-corrected chi connectivity index (χ3v) is 6.26. The van der Waals surface area contributed by atoms with Gasteiger partial charge < -0.3 is 10.4 Å². The number of allylic oxidation sites excluding steroid dienone is 1. The Balaban J connectivity index is 1.65. The molecule has 5 rings (SSSR count). The van der Waals surface area contributed by atoms with Crippen LogP contribution in [0.5, 0.6) is 5.75 Å². The third-order valence-electron chi connectivity index (χ3n) is 6.26. The summed E-state index contributed by atoms with van der Waals surface area (Å²) in [5.74, 6) is 2.75. The molecule has 0 radical (unpaired) electrons. The number of nitrogens with one attached hydrogen (secondary N) is 1. The number of anilines is 1. The fourth-order valence-electron chi connectivity index (χ4n) is 5.69. The van der Waals surface area contributed by atoms with Crippen molar-refractivity contribution in [2.24, 2.45) is 17.8 Å². The molecule has 0 unspecified atom stereocenters. The number of aromatic hydroxyl groups is 1. The van der Waals surface area contributed by atoms with Crippen LogP contribution in [0.1, 0.15) is 44.1 Å². The number of phenols is 1. The molecule has 0 saturated heterocycles. The van der Waals surface area contributed by atoms with Gasteiger partial charge >= 0.3 is 0 Å². The summed E-state index contributed by atoms with van der Waals surface area (Å²) >= 11 is 0. The highest BCUT2D eigenvalue weighted by Crippen LogP contribution is 2.61. The van der Waals surface area contributed by atoms with Crippen molar-refractivity contribution in [1.29, 1.82) is 10.5 Å². The molecule has 0 heterocycles. The minimum Gasteiger partial charge on any atom is -0.506 e. The predicted octanol–water partition coefficient (Wildman–Crippen LogP) is 4.20. The smallest absolute Gasteiger partial charge is 0.145 e. The highest BCUT2D eigenvalue weighted by molar-refractivity contribution is 5.61. The third kappa shape index (κ3) is 2.43. The molecule has 2 N–H and O–H groups in total. The molecular formula is C20H21N3O. The normalized spacial score (nSPS) is 32.7. The number of benzene rings is 1. The molecule has 0 aromatic heterocycles. The van der Waals surface area contributed by atoms with Crippen LogP contribution in [0.4, 0.5) is 5.69 Å². The van der Waals surface area contributed by atoms with E-state index < -0.39 is 0 Å². The summed E-state index contributed by atoms with van der Waals surface area (Å²) in [6.45, 7) is 0. The van der Waals surface area contributed by atoms with Crippen LogP contribution in [0.2, 0.25) is 0 Å². The highest BCUT2D eigenvalue weighted by atomic mass is 16.3. The molecule has 4 nitrogen and oxygen atoms in total. The minimum atomic E-state index is -0.00499. The molecule has 4 heteroatoms. The molecule has 4 aliphatic rings. The Morgan fingerprint density at radius 3 is 2.21 bits per heavy atom. The zero-order valence-electron chi connectivity index (χ0n) is 13.6. The van der Waals surface area contributed by atoms with Gasteiger partial charge in [-0.3, -0.25) is 0 Å². The van der Waals surface area contributed by atoms with E-state index in [2.05, 4.69) is 11.4 Å². The molecule has 0 atom stereocenters. The molecule has 1 aromatic carbocycles. The van der Waals surface area contributed by atoms with E-state index in [1.165, 1.54) is 50.3 Å². The van der Waals surface area contributed by atoms with E-state index in [-0.39, 0.29) is 16.7 Å². The lowest BCUT2D eigenvalue weighted by Gasteiger charge is -2.57. The van der Waals surface area contributed by atoms with Crippen LogP contribution in [0.3, 0.4) is 0 Å². The maximum Gasteiger partial charge on any atom is 0.145 e. The standard InChI is InChI=1S/C20H21N3O/c21-10-16(11-22)12-23-18-6-17(1-2-19(18)24)20-7-13-3-14(8-20)5-15(4-13)9-20/h1-2,6,12-15,23-24H,3-5,7-9H2. The van der Waals surface area contributed by atoms with Crippen molar-refractivity contribution in [2.75, 3.05) is 5.32 Å². The largest absolute Gasteiger partial charge is 0.506 e. The maximum atomic E-state index is 10.1. The van der Waals surface area contributed by atoms with E-state index in [0.29, 0.717) is 5.69 Å². The Kier molecular flexibility index (Phi) is 3.50. The van der Waals surface area contributed by atoms with Gasteiger partial charge in [-0.05, 0) is 79.4 Å². The number of rotatable bonds is 3. The van der Waals surface area contributed by atoms with Crippen molar-refractivity contribution < 1.29 is 5.11 Å². The van der Waals surface area contributed by atoms with Gasteiger partial charge in [0.25, 0.3) is 0 Å². The molecule has 4 aliphatic carbocycles. The molecule has 1 aromatic rings. The van der Waals surface area contributed by atoms with E-state index >= 15 is 0 Å². The number of phenolic OH excluding ortho intramolecular Hbond substituents is 1. The van der Waals surface area contributed by atoms with Crippen molar-refractivity contribution in [3.63, 3.8) is 0 Å². The molecule has 122 valence electrons. The van der Waals surface area contributed by atoms with E-state index in [9.17, 15) is 5.11 Å². The van der Waals surface area contributed by atoms with Gasteiger partial charge in [-0.25, -0.2) is 0 Å². The van der Waals surface area contributed by atoms with Crippen molar-refractivity contribution in [2.45, 2.75) is 43.9 Å². The summed E-state index contributed by atoms with van der Waals surface area (Å²) in [5.41, 5.74) is 2.13. The summed E-state index contributed by atoms with van der Waals surface area (Å²) in [6.07, 6.45) is 9.36. The Bertz CT molecular complexity index is 730. The second kappa shape index (κ2) is 5.56. The van der Waals surface area contributed by atoms with Gasteiger partial charge in [0.15, 0.2) is 0 Å². The molecule has 24 heavy (non-hydrogen) atoms. The van der Waals surface area contributed by atoms with Crippen LogP contribution >= 0.6 is 0 Å². The van der Waals surface area contributed by atoms with Crippen molar-refractivity contribution in [3.05, 3.63) is 35.5 Å². The van der Waals surface area contributed by atoms with Crippen LogP contribution in [-0.4, -0.2) is 5.11 Å². The molecule has 0 amide bonds. The fraction of sp³-hybridized carbons (Fsp3) is 0.500. The number of nitrogens with zero attached hydrogens (tertiary/aromatic N) is 2. The van der Waals surface area contributed by atoms with Gasteiger partial charge in [0.2, 0.25) is 0 Å². The van der Waals surface area contributed by atoms with E-state index in [1.807, 2.05) is 18.2 Å². The first-order chi connectivity index (χ1) is 11.6. The molecule has 4 fully saturated rings. The summed E-state index contributed by atoms with van der Waals surface area (Å²) in [6, 6.07) is 9.46. The summed E-state index contributed by atoms with van der Waals surface area (Å²) < 4.78 is 0. The maximum absolute atomic E-state index is 10.1. The zero-order chi connectivity index (χ0) is 16.7. The van der Waals surface area contributed by atoms with Gasteiger partial charge in [-0.15, -0.1) is 0 Å². The summed E-state index contributed by atoms with van der Waals surface area (Å²) in [7, 11) is 0. The first-order valence-electron chi connectivity index (χ1n) is 8.72. The van der Waals surface area contributed by atoms with Gasteiger partial charge in [-0.1, -0.05) is 6.07 Å². The average Bonchev–Trinajstić information content (AvgIpc) is 2.56.